The molecule has 3 aromatic rings. The molecule has 3 aromatic heterocycles. The molecule has 0 aromatic carbocycles. The number of amides is 2. The molecule has 4 rings (SSSR count). The Morgan fingerprint density at radius 1 is 1.19 bits per heavy atom. The fourth-order valence-electron chi connectivity index (χ4n) is 2.51. The summed E-state index contributed by atoms with van der Waals surface area (Å²) >= 11 is 0. The van der Waals surface area contributed by atoms with Crippen molar-refractivity contribution in [3.05, 3.63) is 42.4 Å². The summed E-state index contributed by atoms with van der Waals surface area (Å²) in [6.45, 7) is 0. The molecule has 0 atom stereocenters. The maximum absolute atomic E-state index is 12.4. The minimum absolute atomic E-state index is 0.0331. The predicted octanol–water partition coefficient (Wildman–Crippen LogP) is 1.81. The maximum Gasteiger partial charge on any atom is 0.277 e. The first kappa shape index (κ1) is 16.0. The van der Waals surface area contributed by atoms with Gasteiger partial charge in [0.2, 0.25) is 5.91 Å². The first-order valence-corrected chi connectivity index (χ1v) is 8.22. The van der Waals surface area contributed by atoms with Gasteiger partial charge < -0.3 is 10.6 Å². The smallest absolute Gasteiger partial charge is 0.277 e. The van der Waals surface area contributed by atoms with Gasteiger partial charge in [-0.2, -0.15) is 10.2 Å². The van der Waals surface area contributed by atoms with Crippen molar-refractivity contribution in [2.45, 2.75) is 12.8 Å². The van der Waals surface area contributed by atoms with Crippen LogP contribution in [0.3, 0.4) is 0 Å². The van der Waals surface area contributed by atoms with E-state index in [1.807, 2.05) is 12.1 Å². The summed E-state index contributed by atoms with van der Waals surface area (Å²) in [5.74, 6) is 0.523. The Hall–Kier alpha value is -3.49. The lowest BCUT2D eigenvalue weighted by Crippen LogP contribution is -2.15. The van der Waals surface area contributed by atoms with E-state index in [4.69, 9.17) is 0 Å². The molecule has 0 unspecified atom stereocenters. The van der Waals surface area contributed by atoms with Gasteiger partial charge in [-0.05, 0) is 25.0 Å². The highest BCUT2D eigenvalue weighted by Crippen LogP contribution is 2.30. The number of pyridine rings is 1. The topological polar surface area (TPSA) is 118 Å². The van der Waals surface area contributed by atoms with Crippen LogP contribution in [0.5, 0.6) is 0 Å². The van der Waals surface area contributed by atoms with Gasteiger partial charge >= 0.3 is 0 Å². The maximum atomic E-state index is 12.4. The van der Waals surface area contributed by atoms with Gasteiger partial charge in [0.15, 0.2) is 11.5 Å². The third-order valence-corrected chi connectivity index (χ3v) is 4.12. The fourth-order valence-corrected chi connectivity index (χ4v) is 2.51. The van der Waals surface area contributed by atoms with E-state index < -0.39 is 5.91 Å². The van der Waals surface area contributed by atoms with Crippen molar-refractivity contribution < 1.29 is 9.59 Å². The highest BCUT2D eigenvalue weighted by molar-refractivity contribution is 6.03. The standard InChI is InChI=1S/C17H17N7O2/c1-24-15(20-16(25)11-2-3-11)9-13(23-24)17(26)19-14-8-12(21-22-14)10-4-6-18-7-5-10/h4-9,11H,2-3H2,1H3,(H,20,25)(H2,19,21,22,26). The molecule has 0 aliphatic heterocycles. The molecule has 3 N–H and O–H groups in total. The lowest BCUT2D eigenvalue weighted by atomic mass is 10.2. The Labute approximate surface area is 148 Å². The van der Waals surface area contributed by atoms with Crippen LogP contribution in [0.25, 0.3) is 11.3 Å². The van der Waals surface area contributed by atoms with Crippen LogP contribution in [-0.2, 0) is 11.8 Å². The third kappa shape index (κ3) is 3.32. The molecule has 0 saturated heterocycles. The Bertz CT molecular complexity index is 957. The summed E-state index contributed by atoms with van der Waals surface area (Å²) in [5, 5.41) is 16.6. The summed E-state index contributed by atoms with van der Waals surface area (Å²) in [5.41, 5.74) is 1.88. The van der Waals surface area contributed by atoms with Gasteiger partial charge in [-0.15, -0.1) is 0 Å². The van der Waals surface area contributed by atoms with E-state index in [2.05, 4.69) is 30.9 Å². The summed E-state index contributed by atoms with van der Waals surface area (Å²) in [4.78, 5) is 28.2. The van der Waals surface area contributed by atoms with Gasteiger partial charge in [0, 0.05) is 43.1 Å². The molecular weight excluding hydrogens is 334 g/mol. The third-order valence-electron chi connectivity index (χ3n) is 4.12. The molecule has 0 spiro atoms. The van der Waals surface area contributed by atoms with Crippen LogP contribution in [0, 0.1) is 5.92 Å². The summed E-state index contributed by atoms with van der Waals surface area (Å²) in [7, 11) is 1.68. The molecule has 1 saturated carbocycles. The summed E-state index contributed by atoms with van der Waals surface area (Å²) in [6.07, 6.45) is 5.19. The van der Waals surface area contributed by atoms with E-state index in [-0.39, 0.29) is 17.5 Å². The number of carbonyl (C=O) groups excluding carboxylic acids is 2. The van der Waals surface area contributed by atoms with E-state index in [1.54, 1.807) is 31.6 Å². The average Bonchev–Trinajstić information content (AvgIpc) is 3.30. The minimum Gasteiger partial charge on any atom is -0.311 e. The Morgan fingerprint density at radius 3 is 2.69 bits per heavy atom. The molecule has 2 amide bonds. The number of hydrogen-bond acceptors (Lipinski definition) is 5. The van der Waals surface area contributed by atoms with Crippen molar-refractivity contribution in [2.24, 2.45) is 13.0 Å². The number of rotatable bonds is 5. The summed E-state index contributed by atoms with van der Waals surface area (Å²) < 4.78 is 1.47. The van der Waals surface area contributed by atoms with E-state index in [0.29, 0.717) is 11.6 Å². The number of nitrogens with zero attached hydrogens (tertiary/aromatic N) is 4. The second-order valence-corrected chi connectivity index (χ2v) is 6.16. The second-order valence-electron chi connectivity index (χ2n) is 6.16. The SMILES string of the molecule is Cn1nc(C(=O)Nc2cc(-c3ccncc3)[nH]n2)cc1NC(=O)C1CC1. The van der Waals surface area contributed by atoms with Crippen LogP contribution in [0.1, 0.15) is 23.3 Å². The molecule has 26 heavy (non-hydrogen) atoms. The Morgan fingerprint density at radius 2 is 1.96 bits per heavy atom. The molecule has 1 fully saturated rings. The fraction of sp³-hybridized carbons (Fsp3) is 0.235. The van der Waals surface area contributed by atoms with Crippen molar-refractivity contribution in [3.8, 4) is 11.3 Å². The molecule has 1 aliphatic carbocycles. The average molecular weight is 351 g/mol. The van der Waals surface area contributed by atoms with Crippen molar-refractivity contribution in [1.29, 1.82) is 0 Å². The molecule has 132 valence electrons. The van der Waals surface area contributed by atoms with E-state index in [1.165, 1.54) is 4.68 Å². The highest BCUT2D eigenvalue weighted by Gasteiger charge is 2.30. The van der Waals surface area contributed by atoms with Gasteiger partial charge in [-0.25, -0.2) is 0 Å². The number of aryl methyl sites for hydroxylation is 1. The minimum atomic E-state index is -0.403. The van der Waals surface area contributed by atoms with E-state index in [0.717, 1.165) is 24.1 Å². The molecule has 9 heteroatoms. The van der Waals surface area contributed by atoms with Crippen molar-refractivity contribution in [3.63, 3.8) is 0 Å². The number of hydrogen-bond donors (Lipinski definition) is 3. The van der Waals surface area contributed by atoms with E-state index in [9.17, 15) is 9.59 Å². The molecule has 9 nitrogen and oxygen atoms in total. The largest absolute Gasteiger partial charge is 0.311 e. The van der Waals surface area contributed by atoms with Crippen molar-refractivity contribution in [2.75, 3.05) is 10.6 Å². The Balaban J connectivity index is 1.45. The van der Waals surface area contributed by atoms with Crippen LogP contribution in [0.2, 0.25) is 0 Å². The lowest BCUT2D eigenvalue weighted by molar-refractivity contribution is -0.117. The molecule has 1 aliphatic rings. The Kier molecular flexibility index (Phi) is 3.96. The number of nitrogens with one attached hydrogen (secondary N) is 3. The predicted molar refractivity (Wildman–Crippen MR) is 94.3 cm³/mol. The van der Waals surface area contributed by atoms with Crippen LogP contribution in [-0.4, -0.2) is 36.8 Å². The number of carbonyl (C=O) groups is 2. The van der Waals surface area contributed by atoms with Gasteiger partial charge in [-0.1, -0.05) is 0 Å². The van der Waals surface area contributed by atoms with E-state index >= 15 is 0 Å². The quantitative estimate of drug-likeness (QED) is 0.648. The number of aromatic nitrogens is 5. The van der Waals surface area contributed by atoms with Crippen LogP contribution in [0.15, 0.2) is 36.7 Å². The van der Waals surface area contributed by atoms with Crippen LogP contribution < -0.4 is 10.6 Å². The monoisotopic (exact) mass is 351 g/mol. The molecule has 3 heterocycles. The van der Waals surface area contributed by atoms with Gasteiger partial charge in [0.25, 0.3) is 5.91 Å². The zero-order valence-corrected chi connectivity index (χ0v) is 14.1. The number of aromatic amines is 1. The molecule has 0 radical (unpaired) electrons. The van der Waals surface area contributed by atoms with Gasteiger partial charge in [-0.3, -0.25) is 24.4 Å². The first-order valence-electron chi connectivity index (χ1n) is 8.22. The second kappa shape index (κ2) is 6.43. The zero-order valence-electron chi connectivity index (χ0n) is 14.1. The highest BCUT2D eigenvalue weighted by atomic mass is 16.2. The normalized spacial score (nSPS) is 13.4. The van der Waals surface area contributed by atoms with Gasteiger partial charge in [0.1, 0.15) is 5.82 Å². The van der Waals surface area contributed by atoms with Gasteiger partial charge in [0.05, 0.1) is 5.69 Å². The number of H-pyrrole nitrogens is 1. The first-order chi connectivity index (χ1) is 12.6. The molecule has 0 bridgehead atoms. The molecular formula is C17H17N7O2. The lowest BCUT2D eigenvalue weighted by Gasteiger charge is -2.02. The van der Waals surface area contributed by atoms with Crippen LogP contribution >= 0.6 is 0 Å². The van der Waals surface area contributed by atoms with Crippen molar-refractivity contribution >= 4 is 23.5 Å². The van der Waals surface area contributed by atoms with Crippen LogP contribution in [0.4, 0.5) is 11.6 Å². The summed E-state index contributed by atoms with van der Waals surface area (Å²) in [6, 6.07) is 6.96. The van der Waals surface area contributed by atoms with Crippen molar-refractivity contribution in [1.82, 2.24) is 25.0 Å². The number of anilines is 2. The zero-order chi connectivity index (χ0) is 18.1.